The number of carbonyl (C=O) groups excluding carboxylic acids is 1. The molecule has 5 nitrogen and oxygen atoms in total. The van der Waals surface area contributed by atoms with E-state index in [1.54, 1.807) is 24.3 Å². The predicted octanol–water partition coefficient (Wildman–Crippen LogP) is 4.28. The number of hydrogen-bond donors (Lipinski definition) is 0. The lowest BCUT2D eigenvalue weighted by Gasteiger charge is -2.18. The van der Waals surface area contributed by atoms with Gasteiger partial charge in [0.25, 0.3) is 5.91 Å². The van der Waals surface area contributed by atoms with Gasteiger partial charge in [-0.05, 0) is 30.7 Å². The molecule has 26 heavy (non-hydrogen) atoms. The van der Waals surface area contributed by atoms with Crippen LogP contribution in [0.1, 0.15) is 23.7 Å². The van der Waals surface area contributed by atoms with Crippen molar-refractivity contribution >= 4 is 39.1 Å². The first-order chi connectivity index (χ1) is 12.7. The molecule has 1 aliphatic heterocycles. The molecule has 0 fully saturated rings. The van der Waals surface area contributed by atoms with Gasteiger partial charge in [0, 0.05) is 29.3 Å². The van der Waals surface area contributed by atoms with E-state index in [0.717, 1.165) is 34.7 Å². The van der Waals surface area contributed by atoms with Gasteiger partial charge >= 0.3 is 0 Å². The molecule has 0 spiro atoms. The summed E-state index contributed by atoms with van der Waals surface area (Å²) < 4.78 is 14.4. The highest BCUT2D eigenvalue weighted by molar-refractivity contribution is 7.16. The summed E-state index contributed by atoms with van der Waals surface area (Å²) in [6, 6.07) is 10.7. The minimum atomic E-state index is -0.282. The molecule has 2 aromatic carbocycles. The summed E-state index contributed by atoms with van der Waals surface area (Å²) in [5.74, 6) is 1.20. The molecule has 0 saturated heterocycles. The van der Waals surface area contributed by atoms with Crippen molar-refractivity contribution in [1.82, 2.24) is 4.57 Å². The van der Waals surface area contributed by atoms with Crippen LogP contribution in [0.4, 0.5) is 0 Å². The van der Waals surface area contributed by atoms with Gasteiger partial charge in [0.05, 0.1) is 10.2 Å². The molecule has 7 heteroatoms. The lowest BCUT2D eigenvalue weighted by molar-refractivity contribution is 0.0998. The number of benzene rings is 2. The summed E-state index contributed by atoms with van der Waals surface area (Å²) in [6.45, 7) is 3.96. The van der Waals surface area contributed by atoms with Crippen molar-refractivity contribution in [2.24, 2.45) is 4.99 Å². The van der Waals surface area contributed by atoms with Crippen molar-refractivity contribution in [2.75, 3.05) is 13.2 Å². The topological polar surface area (TPSA) is 52.8 Å². The number of carbonyl (C=O) groups is 1. The minimum absolute atomic E-state index is 0.282. The van der Waals surface area contributed by atoms with Crippen LogP contribution in [0, 0.1) is 0 Å². The highest BCUT2D eigenvalue weighted by Gasteiger charge is 2.16. The second kappa shape index (κ2) is 7.13. The zero-order valence-electron chi connectivity index (χ0n) is 14.2. The fourth-order valence-electron chi connectivity index (χ4n) is 2.88. The molecule has 2 heterocycles. The molecule has 3 aromatic rings. The van der Waals surface area contributed by atoms with E-state index >= 15 is 0 Å². The van der Waals surface area contributed by atoms with Crippen molar-refractivity contribution < 1.29 is 14.3 Å². The molecule has 0 radical (unpaired) electrons. The van der Waals surface area contributed by atoms with Crippen LogP contribution in [0.25, 0.3) is 10.2 Å². The van der Waals surface area contributed by atoms with E-state index in [1.165, 1.54) is 11.3 Å². The molecule has 0 bridgehead atoms. The normalized spacial score (nSPS) is 14.0. The molecule has 4 rings (SSSR count). The monoisotopic (exact) mass is 388 g/mol. The van der Waals surface area contributed by atoms with E-state index in [0.29, 0.717) is 28.6 Å². The summed E-state index contributed by atoms with van der Waals surface area (Å²) in [6.07, 6.45) is 0.933. The lowest BCUT2D eigenvalue weighted by atomic mass is 10.2. The van der Waals surface area contributed by atoms with Crippen LogP contribution in [0.3, 0.4) is 0 Å². The Balaban J connectivity index is 1.84. The number of nitrogens with zero attached hydrogens (tertiary/aromatic N) is 2. The second-order valence-corrected chi connectivity index (χ2v) is 7.37. The number of thiazole rings is 1. The third-order valence-electron chi connectivity index (χ3n) is 4.08. The predicted molar refractivity (Wildman–Crippen MR) is 102 cm³/mol. The SMILES string of the molecule is CCCn1c(=NC(=O)c2ccc(Cl)cc2)sc2cc3c(cc21)OCCO3. The average molecular weight is 389 g/mol. The standard InChI is InChI=1S/C19H17ClN2O3S/c1-2-7-22-14-10-15-16(25-9-8-24-15)11-17(14)26-19(22)21-18(23)12-3-5-13(20)6-4-12/h3-6,10-11H,2,7-9H2,1H3. The van der Waals surface area contributed by atoms with Crippen LogP contribution in [0.2, 0.25) is 5.02 Å². The van der Waals surface area contributed by atoms with E-state index in [4.69, 9.17) is 21.1 Å². The average Bonchev–Trinajstić information content (AvgIpc) is 2.97. The van der Waals surface area contributed by atoms with Crippen molar-refractivity contribution in [3.8, 4) is 11.5 Å². The quantitative estimate of drug-likeness (QED) is 0.673. The Morgan fingerprint density at radius 2 is 1.88 bits per heavy atom. The Bertz CT molecular complexity index is 1040. The van der Waals surface area contributed by atoms with Gasteiger partial charge in [0.1, 0.15) is 13.2 Å². The Labute approximate surface area is 159 Å². The van der Waals surface area contributed by atoms with Gasteiger partial charge in [0.2, 0.25) is 0 Å². The number of aryl methyl sites for hydroxylation is 1. The van der Waals surface area contributed by atoms with Gasteiger partial charge in [-0.25, -0.2) is 0 Å². The fraction of sp³-hybridized carbons (Fsp3) is 0.263. The zero-order valence-corrected chi connectivity index (χ0v) is 15.8. The van der Waals surface area contributed by atoms with Crippen LogP contribution in [-0.4, -0.2) is 23.7 Å². The number of fused-ring (bicyclic) bond motifs is 2. The maximum Gasteiger partial charge on any atom is 0.279 e. The Morgan fingerprint density at radius 1 is 1.19 bits per heavy atom. The number of rotatable bonds is 3. The number of amides is 1. The molecule has 134 valence electrons. The first-order valence-electron chi connectivity index (χ1n) is 8.43. The van der Waals surface area contributed by atoms with Crippen molar-refractivity contribution in [3.63, 3.8) is 0 Å². The molecule has 0 aliphatic carbocycles. The first kappa shape index (κ1) is 17.1. The number of aromatic nitrogens is 1. The zero-order chi connectivity index (χ0) is 18.1. The molecule has 0 N–H and O–H groups in total. The molecule has 0 saturated carbocycles. The van der Waals surface area contributed by atoms with E-state index in [9.17, 15) is 4.79 Å². The summed E-state index contributed by atoms with van der Waals surface area (Å²) >= 11 is 7.37. The van der Waals surface area contributed by atoms with E-state index in [-0.39, 0.29) is 5.91 Å². The van der Waals surface area contributed by atoms with Crippen LogP contribution in [-0.2, 0) is 6.54 Å². The van der Waals surface area contributed by atoms with Crippen LogP contribution in [0.5, 0.6) is 11.5 Å². The van der Waals surface area contributed by atoms with Gasteiger partial charge in [-0.15, -0.1) is 0 Å². The summed E-state index contributed by atoms with van der Waals surface area (Å²) in [4.78, 5) is 17.6. The summed E-state index contributed by atoms with van der Waals surface area (Å²) in [5.41, 5.74) is 1.52. The third-order valence-corrected chi connectivity index (χ3v) is 5.38. The molecule has 0 unspecified atom stereocenters. The van der Waals surface area contributed by atoms with Gasteiger partial charge < -0.3 is 14.0 Å². The van der Waals surface area contributed by atoms with Gasteiger partial charge in [0.15, 0.2) is 16.3 Å². The second-order valence-electron chi connectivity index (χ2n) is 5.92. The number of ether oxygens (including phenoxy) is 2. The van der Waals surface area contributed by atoms with Crippen molar-refractivity contribution in [1.29, 1.82) is 0 Å². The number of hydrogen-bond acceptors (Lipinski definition) is 4. The van der Waals surface area contributed by atoms with Crippen molar-refractivity contribution in [2.45, 2.75) is 19.9 Å². The highest BCUT2D eigenvalue weighted by atomic mass is 35.5. The maximum absolute atomic E-state index is 12.5. The molecule has 1 amide bonds. The van der Waals surface area contributed by atoms with Gasteiger partial charge in [-0.2, -0.15) is 4.99 Å². The third kappa shape index (κ3) is 3.22. The van der Waals surface area contributed by atoms with Crippen LogP contribution >= 0.6 is 22.9 Å². The van der Waals surface area contributed by atoms with Crippen LogP contribution < -0.4 is 14.3 Å². The van der Waals surface area contributed by atoms with Gasteiger partial charge in [-0.1, -0.05) is 29.9 Å². The maximum atomic E-state index is 12.5. The molecule has 0 atom stereocenters. The molecule has 1 aliphatic rings. The molecular weight excluding hydrogens is 372 g/mol. The summed E-state index contributed by atoms with van der Waals surface area (Å²) in [7, 11) is 0. The summed E-state index contributed by atoms with van der Waals surface area (Å²) in [5, 5.41) is 0.593. The van der Waals surface area contributed by atoms with Crippen LogP contribution in [0.15, 0.2) is 41.4 Å². The van der Waals surface area contributed by atoms with E-state index in [2.05, 4.69) is 16.5 Å². The Kier molecular flexibility index (Phi) is 4.70. The number of halogens is 1. The molecule has 1 aromatic heterocycles. The van der Waals surface area contributed by atoms with E-state index in [1.807, 2.05) is 12.1 Å². The minimum Gasteiger partial charge on any atom is -0.486 e. The smallest absolute Gasteiger partial charge is 0.279 e. The first-order valence-corrected chi connectivity index (χ1v) is 9.63. The highest BCUT2D eigenvalue weighted by Crippen LogP contribution is 2.35. The fourth-order valence-corrected chi connectivity index (χ4v) is 4.07. The van der Waals surface area contributed by atoms with Crippen molar-refractivity contribution in [3.05, 3.63) is 51.8 Å². The van der Waals surface area contributed by atoms with Gasteiger partial charge in [-0.3, -0.25) is 4.79 Å². The Morgan fingerprint density at radius 3 is 2.58 bits per heavy atom. The Hall–Kier alpha value is -2.31. The largest absolute Gasteiger partial charge is 0.486 e. The van der Waals surface area contributed by atoms with E-state index < -0.39 is 0 Å². The lowest BCUT2D eigenvalue weighted by Crippen LogP contribution is -2.17. The molecular formula is C19H17ClN2O3S.